The van der Waals surface area contributed by atoms with Crippen molar-refractivity contribution >= 4 is 38.9 Å². The third kappa shape index (κ3) is 5.82. The Kier molecular flexibility index (Phi) is 8.82. The van der Waals surface area contributed by atoms with Crippen molar-refractivity contribution in [2.24, 2.45) is 0 Å². The van der Waals surface area contributed by atoms with E-state index in [0.29, 0.717) is 5.89 Å². The van der Waals surface area contributed by atoms with Gasteiger partial charge in [0.05, 0.1) is 0 Å². The zero-order valence-electron chi connectivity index (χ0n) is 20.1. The molecule has 0 fully saturated rings. The van der Waals surface area contributed by atoms with Gasteiger partial charge in [0.2, 0.25) is 0 Å². The second-order valence-corrected chi connectivity index (χ2v) is 22.3. The summed E-state index contributed by atoms with van der Waals surface area (Å²) in [7, 11) is 3.99. The average Bonchev–Trinajstić information content (AvgIpc) is 3.22. The van der Waals surface area contributed by atoms with Gasteiger partial charge in [-0.1, -0.05) is 0 Å². The first-order valence-corrected chi connectivity index (χ1v) is 19.6. The van der Waals surface area contributed by atoms with Gasteiger partial charge in [0, 0.05) is 0 Å². The Morgan fingerprint density at radius 2 is 1.52 bits per heavy atom. The van der Waals surface area contributed by atoms with Crippen LogP contribution in [0.25, 0.3) is 22.6 Å². The zero-order valence-corrected chi connectivity index (χ0v) is 22.9. The summed E-state index contributed by atoms with van der Waals surface area (Å²) in [5.41, 5.74) is 2.83. The number of benzene rings is 1. The number of oxazole rings is 1. The van der Waals surface area contributed by atoms with Crippen LogP contribution in [0, 0.1) is 0 Å². The Balaban J connectivity index is 1.97. The van der Waals surface area contributed by atoms with Crippen molar-refractivity contribution in [1.29, 1.82) is 0 Å². The van der Waals surface area contributed by atoms with Gasteiger partial charge in [-0.3, -0.25) is 0 Å². The third-order valence-corrected chi connectivity index (χ3v) is 22.1. The molecule has 0 saturated heterocycles. The molecule has 0 aliphatic rings. The van der Waals surface area contributed by atoms with Gasteiger partial charge >= 0.3 is 193 Å². The first-order valence-electron chi connectivity index (χ1n) is 12.1. The van der Waals surface area contributed by atoms with Gasteiger partial charge in [-0.2, -0.15) is 0 Å². The molecule has 3 aromatic rings. The van der Waals surface area contributed by atoms with Crippen molar-refractivity contribution in [3.05, 3.63) is 36.5 Å². The number of rotatable bonds is 12. The molecular formula is C26H39N3OSn. The average molecular weight is 528 g/mol. The number of hydrogen-bond acceptors (Lipinski definition) is 4. The number of nitrogens with zero attached hydrogens (tertiary/aromatic N) is 3. The van der Waals surface area contributed by atoms with Crippen molar-refractivity contribution in [2.75, 3.05) is 19.0 Å². The second-order valence-electron chi connectivity index (χ2n) is 9.09. The Morgan fingerprint density at radius 1 is 0.871 bits per heavy atom. The summed E-state index contributed by atoms with van der Waals surface area (Å²) in [6.45, 7) is 7.00. The molecule has 31 heavy (non-hydrogen) atoms. The van der Waals surface area contributed by atoms with Gasteiger partial charge in [0.1, 0.15) is 0 Å². The fourth-order valence-electron chi connectivity index (χ4n) is 4.51. The van der Waals surface area contributed by atoms with Crippen LogP contribution in [0.5, 0.6) is 0 Å². The van der Waals surface area contributed by atoms with Gasteiger partial charge in [-0.15, -0.1) is 0 Å². The Morgan fingerprint density at radius 3 is 2.03 bits per heavy atom. The van der Waals surface area contributed by atoms with E-state index >= 15 is 0 Å². The van der Waals surface area contributed by atoms with Crippen molar-refractivity contribution in [3.63, 3.8) is 0 Å². The molecule has 168 valence electrons. The number of pyridine rings is 1. The summed E-state index contributed by atoms with van der Waals surface area (Å²) < 4.78 is 12.2. The molecule has 0 amide bonds. The first-order chi connectivity index (χ1) is 15.0. The molecule has 0 spiro atoms. The predicted octanol–water partition coefficient (Wildman–Crippen LogP) is 7.01. The predicted molar refractivity (Wildman–Crippen MR) is 136 cm³/mol. The van der Waals surface area contributed by atoms with Gasteiger partial charge in [-0.05, 0) is 0 Å². The summed E-state index contributed by atoms with van der Waals surface area (Å²) in [6.07, 6.45) is 9.85. The van der Waals surface area contributed by atoms with Crippen LogP contribution in [0.2, 0.25) is 13.3 Å². The molecule has 2 heterocycles. The molecule has 0 N–H and O–H groups in total. The number of anilines is 1. The van der Waals surface area contributed by atoms with Crippen LogP contribution in [0.3, 0.4) is 0 Å². The van der Waals surface area contributed by atoms with E-state index in [0.717, 1.165) is 22.5 Å². The van der Waals surface area contributed by atoms with Crippen molar-refractivity contribution in [3.8, 4) is 11.5 Å². The fourth-order valence-corrected chi connectivity index (χ4v) is 20.5. The summed E-state index contributed by atoms with van der Waals surface area (Å²) >= 11 is -2.46. The normalized spacial score (nSPS) is 11.9. The van der Waals surface area contributed by atoms with E-state index in [9.17, 15) is 0 Å². The molecule has 0 aliphatic carbocycles. The number of unbranched alkanes of at least 4 members (excludes halogenated alkanes) is 3. The SMILES string of the molecule is CCC[CH2][Sn]([CH2]CCC)([CH2]CCC)[c]1ccc2oc(-c3ccc(N(C)C)nc3)nc2c1. The number of fused-ring (bicyclic) bond motifs is 1. The van der Waals surface area contributed by atoms with E-state index in [1.165, 1.54) is 51.8 Å². The van der Waals surface area contributed by atoms with Crippen LogP contribution in [0.1, 0.15) is 59.3 Å². The molecule has 1 aromatic carbocycles. The van der Waals surface area contributed by atoms with Crippen LogP contribution in [-0.2, 0) is 0 Å². The van der Waals surface area contributed by atoms with Gasteiger partial charge in [0.15, 0.2) is 0 Å². The molecule has 0 unspecified atom stereocenters. The van der Waals surface area contributed by atoms with Crippen molar-refractivity contribution in [1.82, 2.24) is 9.97 Å². The number of hydrogen-bond donors (Lipinski definition) is 0. The molecule has 0 bridgehead atoms. The molecule has 0 aliphatic heterocycles. The number of aromatic nitrogens is 2. The monoisotopic (exact) mass is 529 g/mol. The maximum atomic E-state index is 6.12. The fraction of sp³-hybridized carbons (Fsp3) is 0.538. The minimum absolute atomic E-state index is 0.668. The quantitative estimate of drug-likeness (QED) is 0.237. The van der Waals surface area contributed by atoms with Crippen LogP contribution in [-0.4, -0.2) is 42.4 Å². The van der Waals surface area contributed by atoms with Crippen LogP contribution >= 0.6 is 0 Å². The second kappa shape index (κ2) is 11.3. The molecule has 5 heteroatoms. The summed E-state index contributed by atoms with van der Waals surface area (Å²) in [5, 5.41) is 0. The summed E-state index contributed by atoms with van der Waals surface area (Å²) in [4.78, 5) is 11.4. The molecule has 3 rings (SSSR count). The van der Waals surface area contributed by atoms with E-state index in [2.05, 4.69) is 44.0 Å². The summed E-state index contributed by atoms with van der Waals surface area (Å²) in [6, 6.07) is 11.0. The Bertz CT molecular complexity index is 927. The molecule has 2 aromatic heterocycles. The molecule has 4 nitrogen and oxygen atoms in total. The third-order valence-electron chi connectivity index (χ3n) is 6.48. The van der Waals surface area contributed by atoms with Gasteiger partial charge in [-0.25, -0.2) is 0 Å². The van der Waals surface area contributed by atoms with Crippen molar-refractivity contribution < 1.29 is 4.42 Å². The minimum atomic E-state index is -2.46. The maximum absolute atomic E-state index is 6.12. The van der Waals surface area contributed by atoms with E-state index in [1.54, 1.807) is 3.58 Å². The zero-order chi connectivity index (χ0) is 22.3. The van der Waals surface area contributed by atoms with E-state index in [4.69, 9.17) is 9.40 Å². The van der Waals surface area contributed by atoms with Crippen LogP contribution in [0.15, 0.2) is 40.9 Å². The van der Waals surface area contributed by atoms with E-state index in [1.807, 2.05) is 37.3 Å². The molecule has 0 atom stereocenters. The first kappa shape index (κ1) is 24.1. The van der Waals surface area contributed by atoms with E-state index in [-0.39, 0.29) is 0 Å². The standard InChI is InChI=1S/C14H12N3O.3C4H9.Sn/c1-17(2)13-8-7-10(9-15-13)14-16-11-5-3-4-6-12(11)18-14;3*1-3-4-2;/h4-9H,1-2H3;3*1,3-4H2,2H3;. The van der Waals surface area contributed by atoms with Crippen molar-refractivity contribution in [2.45, 2.75) is 72.6 Å². The molecule has 0 radical (unpaired) electrons. The van der Waals surface area contributed by atoms with Gasteiger partial charge in [0.25, 0.3) is 0 Å². The van der Waals surface area contributed by atoms with Crippen LogP contribution in [0.4, 0.5) is 5.82 Å². The molecular weight excluding hydrogens is 489 g/mol. The topological polar surface area (TPSA) is 42.2 Å². The van der Waals surface area contributed by atoms with Gasteiger partial charge < -0.3 is 0 Å². The Hall–Kier alpha value is -1.56. The van der Waals surface area contributed by atoms with Crippen LogP contribution < -0.4 is 8.48 Å². The molecule has 0 saturated carbocycles. The van der Waals surface area contributed by atoms with E-state index < -0.39 is 18.4 Å². The Labute approximate surface area is 192 Å². The summed E-state index contributed by atoms with van der Waals surface area (Å²) in [5.74, 6) is 1.60.